The molecule has 0 spiro atoms. The number of amides is 2. The molecule has 5 heteroatoms. The van der Waals surface area contributed by atoms with Gasteiger partial charge in [0.25, 0.3) is 5.91 Å². The van der Waals surface area contributed by atoms with Gasteiger partial charge in [0.05, 0.1) is 6.54 Å². The van der Waals surface area contributed by atoms with E-state index in [1.165, 1.54) is 0 Å². The minimum atomic E-state index is -0.224. The van der Waals surface area contributed by atoms with Gasteiger partial charge in [0.1, 0.15) is 0 Å². The monoisotopic (exact) mass is 289 g/mol. The number of rotatable bonds is 4. The molecule has 1 saturated heterocycles. The highest BCUT2D eigenvalue weighted by Gasteiger charge is 2.30. The Morgan fingerprint density at radius 2 is 2.00 bits per heavy atom. The lowest BCUT2D eigenvalue weighted by molar-refractivity contribution is -0.136. The van der Waals surface area contributed by atoms with Crippen LogP contribution in [-0.4, -0.2) is 41.9 Å². The van der Waals surface area contributed by atoms with Gasteiger partial charge in [0.2, 0.25) is 5.91 Å². The Kier molecular flexibility index (Phi) is 5.33. The summed E-state index contributed by atoms with van der Waals surface area (Å²) in [6.45, 7) is 2.54. The number of benzene rings is 1. The van der Waals surface area contributed by atoms with Crippen molar-refractivity contribution in [1.29, 1.82) is 0 Å². The molecule has 0 aliphatic carbocycles. The molecular weight excluding hydrogens is 266 g/mol. The zero-order chi connectivity index (χ0) is 15.2. The first-order valence-electron chi connectivity index (χ1n) is 7.48. The van der Waals surface area contributed by atoms with Crippen molar-refractivity contribution < 1.29 is 9.59 Å². The number of carbonyl (C=O) groups is 2. The number of hydrogen-bond acceptors (Lipinski definition) is 3. The molecule has 1 aliphatic heterocycles. The van der Waals surface area contributed by atoms with E-state index < -0.39 is 0 Å². The Bertz CT molecular complexity index is 490. The van der Waals surface area contributed by atoms with E-state index in [2.05, 4.69) is 5.32 Å². The lowest BCUT2D eigenvalue weighted by Crippen LogP contribution is -2.54. The maximum atomic E-state index is 12.4. The predicted molar refractivity (Wildman–Crippen MR) is 81.8 cm³/mol. The highest BCUT2D eigenvalue weighted by atomic mass is 16.2. The van der Waals surface area contributed by atoms with Crippen LogP contribution in [0.4, 0.5) is 0 Å². The zero-order valence-corrected chi connectivity index (χ0v) is 12.4. The Labute approximate surface area is 125 Å². The van der Waals surface area contributed by atoms with Crippen LogP contribution in [0.15, 0.2) is 30.3 Å². The van der Waals surface area contributed by atoms with Crippen LogP contribution in [0.1, 0.15) is 36.5 Å². The summed E-state index contributed by atoms with van der Waals surface area (Å²) in [7, 11) is 0. The smallest absolute Gasteiger partial charge is 0.251 e. The standard InChI is InChI=1S/C16H23N3O2/c1-12-6-5-9-14(10-17)19(12)15(20)11-18-16(21)13-7-3-2-4-8-13/h2-4,7-8,12,14H,5-6,9-11,17H2,1H3,(H,18,21). The molecule has 0 saturated carbocycles. The third kappa shape index (κ3) is 3.82. The number of nitrogens with one attached hydrogen (secondary N) is 1. The number of nitrogens with two attached hydrogens (primary N) is 1. The fourth-order valence-electron chi connectivity index (χ4n) is 2.91. The topological polar surface area (TPSA) is 75.4 Å². The number of nitrogens with zero attached hydrogens (tertiary/aromatic N) is 1. The van der Waals surface area contributed by atoms with E-state index in [1.807, 2.05) is 17.9 Å². The average Bonchev–Trinajstić information content (AvgIpc) is 2.52. The van der Waals surface area contributed by atoms with Gasteiger partial charge >= 0.3 is 0 Å². The van der Waals surface area contributed by atoms with E-state index in [0.717, 1.165) is 19.3 Å². The fourth-order valence-corrected chi connectivity index (χ4v) is 2.91. The SMILES string of the molecule is CC1CCCC(CN)N1C(=O)CNC(=O)c1ccccc1. The van der Waals surface area contributed by atoms with E-state index in [4.69, 9.17) is 5.73 Å². The van der Waals surface area contributed by atoms with Crippen molar-refractivity contribution in [2.24, 2.45) is 5.73 Å². The first-order chi connectivity index (χ1) is 10.1. The van der Waals surface area contributed by atoms with Crippen molar-refractivity contribution in [1.82, 2.24) is 10.2 Å². The second-order valence-electron chi connectivity index (χ2n) is 5.52. The van der Waals surface area contributed by atoms with Crippen molar-refractivity contribution in [2.75, 3.05) is 13.1 Å². The van der Waals surface area contributed by atoms with Gasteiger partial charge in [-0.2, -0.15) is 0 Å². The third-order valence-corrected chi connectivity index (χ3v) is 4.02. The summed E-state index contributed by atoms with van der Waals surface area (Å²) in [4.78, 5) is 26.2. The summed E-state index contributed by atoms with van der Waals surface area (Å²) < 4.78 is 0. The van der Waals surface area contributed by atoms with Crippen LogP contribution < -0.4 is 11.1 Å². The van der Waals surface area contributed by atoms with Gasteiger partial charge in [0.15, 0.2) is 0 Å². The molecule has 0 radical (unpaired) electrons. The minimum absolute atomic E-state index is 0.0224. The van der Waals surface area contributed by atoms with Gasteiger partial charge in [-0.05, 0) is 38.3 Å². The van der Waals surface area contributed by atoms with Crippen LogP contribution in [0.3, 0.4) is 0 Å². The molecule has 3 N–H and O–H groups in total. The van der Waals surface area contributed by atoms with E-state index in [0.29, 0.717) is 12.1 Å². The molecule has 2 atom stereocenters. The molecule has 2 unspecified atom stereocenters. The Morgan fingerprint density at radius 3 is 2.67 bits per heavy atom. The summed E-state index contributed by atoms with van der Waals surface area (Å²) in [5.74, 6) is -0.278. The van der Waals surface area contributed by atoms with Crippen molar-refractivity contribution >= 4 is 11.8 Å². The summed E-state index contributed by atoms with van der Waals surface area (Å²) >= 11 is 0. The van der Waals surface area contributed by atoms with Gasteiger partial charge in [-0.1, -0.05) is 18.2 Å². The summed E-state index contributed by atoms with van der Waals surface area (Å²) in [5.41, 5.74) is 6.32. The van der Waals surface area contributed by atoms with E-state index in [-0.39, 0.29) is 30.4 Å². The molecule has 1 aromatic carbocycles. The van der Waals surface area contributed by atoms with E-state index in [9.17, 15) is 9.59 Å². The molecular formula is C16H23N3O2. The minimum Gasteiger partial charge on any atom is -0.343 e. The van der Waals surface area contributed by atoms with Gasteiger partial charge < -0.3 is 16.0 Å². The molecule has 0 bridgehead atoms. The molecule has 2 rings (SSSR count). The van der Waals surface area contributed by atoms with Crippen molar-refractivity contribution in [3.05, 3.63) is 35.9 Å². The summed E-state index contributed by atoms with van der Waals surface area (Å²) in [6, 6.07) is 9.19. The van der Waals surface area contributed by atoms with E-state index >= 15 is 0 Å². The van der Waals surface area contributed by atoms with Crippen LogP contribution in [0, 0.1) is 0 Å². The maximum absolute atomic E-state index is 12.4. The van der Waals surface area contributed by atoms with Gasteiger partial charge in [-0.15, -0.1) is 0 Å². The maximum Gasteiger partial charge on any atom is 0.251 e. The highest BCUT2D eigenvalue weighted by Crippen LogP contribution is 2.22. The Hall–Kier alpha value is -1.88. The molecule has 114 valence electrons. The first-order valence-corrected chi connectivity index (χ1v) is 7.48. The van der Waals surface area contributed by atoms with Gasteiger partial charge in [-0.25, -0.2) is 0 Å². The van der Waals surface area contributed by atoms with Gasteiger partial charge in [-0.3, -0.25) is 9.59 Å². The molecule has 1 aromatic rings. The number of piperidine rings is 1. The normalized spacial score (nSPS) is 21.9. The molecule has 2 amide bonds. The molecule has 0 aromatic heterocycles. The molecule has 1 heterocycles. The summed E-state index contributed by atoms with van der Waals surface area (Å²) in [6.07, 6.45) is 3.04. The lowest BCUT2D eigenvalue weighted by Gasteiger charge is -2.40. The number of likely N-dealkylation sites (tertiary alicyclic amines) is 1. The van der Waals surface area contributed by atoms with Crippen molar-refractivity contribution in [3.63, 3.8) is 0 Å². The molecule has 1 aliphatic rings. The zero-order valence-electron chi connectivity index (χ0n) is 12.4. The first kappa shape index (κ1) is 15.5. The third-order valence-electron chi connectivity index (χ3n) is 4.02. The number of hydrogen-bond donors (Lipinski definition) is 2. The lowest BCUT2D eigenvalue weighted by atomic mass is 9.96. The van der Waals surface area contributed by atoms with Crippen molar-refractivity contribution in [2.45, 2.75) is 38.3 Å². The highest BCUT2D eigenvalue weighted by molar-refractivity contribution is 5.96. The quantitative estimate of drug-likeness (QED) is 0.873. The Morgan fingerprint density at radius 1 is 1.29 bits per heavy atom. The van der Waals surface area contributed by atoms with Gasteiger partial charge in [0, 0.05) is 24.2 Å². The Balaban J connectivity index is 1.93. The average molecular weight is 289 g/mol. The van der Waals surface area contributed by atoms with E-state index in [1.54, 1.807) is 24.3 Å². The van der Waals surface area contributed by atoms with Crippen LogP contribution >= 0.6 is 0 Å². The largest absolute Gasteiger partial charge is 0.343 e. The second kappa shape index (κ2) is 7.22. The van der Waals surface area contributed by atoms with Crippen LogP contribution in [0.25, 0.3) is 0 Å². The summed E-state index contributed by atoms with van der Waals surface area (Å²) in [5, 5.41) is 2.69. The van der Waals surface area contributed by atoms with Crippen LogP contribution in [-0.2, 0) is 4.79 Å². The van der Waals surface area contributed by atoms with Crippen molar-refractivity contribution in [3.8, 4) is 0 Å². The molecule has 5 nitrogen and oxygen atoms in total. The van der Waals surface area contributed by atoms with Crippen LogP contribution in [0.5, 0.6) is 0 Å². The molecule has 1 fully saturated rings. The number of carbonyl (C=O) groups excluding carboxylic acids is 2. The second-order valence-corrected chi connectivity index (χ2v) is 5.52. The molecule has 21 heavy (non-hydrogen) atoms. The predicted octanol–water partition coefficient (Wildman–Crippen LogP) is 1.14. The fraction of sp³-hybridized carbons (Fsp3) is 0.500. The van der Waals surface area contributed by atoms with Crippen LogP contribution in [0.2, 0.25) is 0 Å².